The molecule has 2 aromatic carbocycles. The first kappa shape index (κ1) is 19.3. The van der Waals surface area contributed by atoms with E-state index in [-0.39, 0.29) is 23.5 Å². The van der Waals surface area contributed by atoms with Crippen molar-refractivity contribution in [3.05, 3.63) is 95.7 Å². The number of nitriles is 1. The van der Waals surface area contributed by atoms with Crippen LogP contribution in [0.1, 0.15) is 22.5 Å². The Morgan fingerprint density at radius 1 is 1.10 bits per heavy atom. The van der Waals surface area contributed by atoms with Crippen molar-refractivity contribution in [2.45, 2.75) is 12.8 Å². The van der Waals surface area contributed by atoms with Gasteiger partial charge in [0.1, 0.15) is 17.6 Å². The van der Waals surface area contributed by atoms with Crippen LogP contribution in [-0.4, -0.2) is 15.0 Å². The average molecular weight is 402 g/mol. The van der Waals surface area contributed by atoms with Gasteiger partial charge in [-0.2, -0.15) is 5.26 Å². The lowest BCUT2D eigenvalue weighted by atomic mass is 10.0. The van der Waals surface area contributed by atoms with Gasteiger partial charge in [-0.05, 0) is 18.2 Å². The molecule has 5 nitrogen and oxygen atoms in total. The topological polar surface area (TPSA) is 74.6 Å². The number of allylic oxidation sites excluding steroid dienone is 1. The number of aromatic amines is 1. The third-order valence-corrected chi connectivity index (χ3v) is 4.61. The summed E-state index contributed by atoms with van der Waals surface area (Å²) >= 11 is 0. The Hall–Kier alpha value is -4.05. The molecular weight excluding hydrogens is 386 g/mol. The van der Waals surface area contributed by atoms with Crippen LogP contribution in [0, 0.1) is 23.0 Å². The summed E-state index contributed by atoms with van der Waals surface area (Å²) in [5, 5.41) is 9.81. The third-order valence-electron chi connectivity index (χ3n) is 4.61. The first-order chi connectivity index (χ1) is 14.6. The van der Waals surface area contributed by atoms with Gasteiger partial charge in [0.2, 0.25) is 0 Å². The monoisotopic (exact) mass is 402 g/mol. The molecule has 0 aliphatic carbocycles. The Kier molecular flexibility index (Phi) is 5.22. The molecule has 1 N–H and O–H groups in total. The highest BCUT2D eigenvalue weighted by Gasteiger charge is 2.18. The molecule has 7 heteroatoms. The minimum absolute atomic E-state index is 0.00503. The maximum Gasteiger partial charge on any atom is 0.168 e. The summed E-state index contributed by atoms with van der Waals surface area (Å²) in [5.74, 6) is -1.09. The molecule has 0 saturated carbocycles. The summed E-state index contributed by atoms with van der Waals surface area (Å²) in [6, 6.07) is 8.62. The van der Waals surface area contributed by atoms with E-state index in [0.29, 0.717) is 23.2 Å². The first-order valence-corrected chi connectivity index (χ1v) is 9.15. The van der Waals surface area contributed by atoms with Gasteiger partial charge in [-0.1, -0.05) is 6.08 Å². The van der Waals surface area contributed by atoms with Gasteiger partial charge in [-0.3, -0.25) is 9.97 Å². The minimum atomic E-state index is -0.665. The molecule has 0 aliphatic rings. The van der Waals surface area contributed by atoms with Crippen LogP contribution < -0.4 is 4.74 Å². The van der Waals surface area contributed by atoms with Crippen molar-refractivity contribution >= 4 is 10.9 Å². The molecule has 0 bridgehead atoms. The summed E-state index contributed by atoms with van der Waals surface area (Å²) in [6.07, 6.45) is 7.62. The lowest BCUT2D eigenvalue weighted by Crippen LogP contribution is -2.01. The third kappa shape index (κ3) is 3.76. The minimum Gasteiger partial charge on any atom is -0.454 e. The second kappa shape index (κ2) is 8.13. The zero-order chi connectivity index (χ0) is 21.1. The number of fused-ring (bicyclic) bond motifs is 1. The van der Waals surface area contributed by atoms with Crippen LogP contribution >= 0.6 is 0 Å². The molecule has 0 aliphatic heterocycles. The van der Waals surface area contributed by atoms with Gasteiger partial charge in [0.05, 0.1) is 17.0 Å². The number of nitrogens with one attached hydrogen (secondary N) is 1. The largest absolute Gasteiger partial charge is 0.454 e. The van der Waals surface area contributed by atoms with Crippen molar-refractivity contribution in [3.8, 4) is 17.6 Å². The van der Waals surface area contributed by atoms with Crippen molar-refractivity contribution in [1.82, 2.24) is 15.0 Å². The van der Waals surface area contributed by atoms with Crippen LogP contribution in [0.25, 0.3) is 10.9 Å². The lowest BCUT2D eigenvalue weighted by molar-refractivity contribution is 0.437. The van der Waals surface area contributed by atoms with Crippen LogP contribution in [0.4, 0.5) is 8.78 Å². The van der Waals surface area contributed by atoms with E-state index in [1.54, 1.807) is 30.7 Å². The molecule has 0 unspecified atom stereocenters. The van der Waals surface area contributed by atoms with Crippen molar-refractivity contribution < 1.29 is 13.5 Å². The van der Waals surface area contributed by atoms with Crippen molar-refractivity contribution in [2.75, 3.05) is 0 Å². The van der Waals surface area contributed by atoms with E-state index >= 15 is 0 Å². The summed E-state index contributed by atoms with van der Waals surface area (Å²) in [5.41, 5.74) is 2.42. The SMILES string of the molecule is C=CCc1cnc(Cc2c(Oc3ccc(F)c(C#N)c3)c(F)cc3[nH]ccc23)cn1. The van der Waals surface area contributed by atoms with Gasteiger partial charge >= 0.3 is 0 Å². The fraction of sp³-hybridized carbons (Fsp3) is 0.0870. The predicted octanol–water partition coefficient (Wildman–Crippen LogP) is 5.22. The lowest BCUT2D eigenvalue weighted by Gasteiger charge is -2.14. The smallest absolute Gasteiger partial charge is 0.168 e. The van der Waals surface area contributed by atoms with Crippen molar-refractivity contribution in [3.63, 3.8) is 0 Å². The number of aromatic nitrogens is 3. The molecular formula is C23H16F2N4O. The molecule has 0 saturated heterocycles. The van der Waals surface area contributed by atoms with Gasteiger partial charge in [-0.15, -0.1) is 6.58 Å². The predicted molar refractivity (Wildman–Crippen MR) is 108 cm³/mol. The van der Waals surface area contributed by atoms with E-state index in [0.717, 1.165) is 17.1 Å². The highest BCUT2D eigenvalue weighted by Crippen LogP contribution is 2.36. The summed E-state index contributed by atoms with van der Waals surface area (Å²) in [6.45, 7) is 3.68. The summed E-state index contributed by atoms with van der Waals surface area (Å²) in [4.78, 5) is 11.8. The van der Waals surface area contributed by atoms with Crippen LogP contribution in [-0.2, 0) is 12.8 Å². The number of benzene rings is 2. The van der Waals surface area contributed by atoms with E-state index in [1.807, 2.05) is 6.07 Å². The number of rotatable bonds is 6. The molecule has 0 radical (unpaired) electrons. The molecule has 4 rings (SSSR count). The zero-order valence-corrected chi connectivity index (χ0v) is 15.8. The Labute approximate surface area is 171 Å². The fourth-order valence-corrected chi connectivity index (χ4v) is 3.19. The van der Waals surface area contributed by atoms with E-state index in [9.17, 15) is 8.78 Å². The molecule has 0 amide bonds. The number of hydrogen-bond donors (Lipinski definition) is 1. The Bertz CT molecular complexity index is 1270. The highest BCUT2D eigenvalue weighted by molar-refractivity contribution is 5.86. The second-order valence-electron chi connectivity index (χ2n) is 6.63. The molecule has 30 heavy (non-hydrogen) atoms. The Balaban J connectivity index is 1.76. The van der Waals surface area contributed by atoms with Gasteiger partial charge < -0.3 is 9.72 Å². The van der Waals surface area contributed by atoms with Gasteiger partial charge in [0, 0.05) is 60.0 Å². The molecule has 4 aromatic rings. The number of halogens is 2. The zero-order valence-electron chi connectivity index (χ0n) is 15.8. The molecule has 2 aromatic heterocycles. The number of nitrogens with zero attached hydrogens (tertiary/aromatic N) is 3. The van der Waals surface area contributed by atoms with Gasteiger partial charge in [0.15, 0.2) is 11.6 Å². The quantitative estimate of drug-likeness (QED) is 0.449. The van der Waals surface area contributed by atoms with Crippen LogP contribution in [0.15, 0.2) is 61.6 Å². The average Bonchev–Trinajstić information content (AvgIpc) is 3.21. The second-order valence-corrected chi connectivity index (χ2v) is 6.63. The van der Waals surface area contributed by atoms with E-state index in [2.05, 4.69) is 21.5 Å². The maximum atomic E-state index is 14.9. The number of H-pyrrole nitrogens is 1. The summed E-state index contributed by atoms with van der Waals surface area (Å²) in [7, 11) is 0. The molecule has 0 fully saturated rings. The van der Waals surface area contributed by atoms with E-state index in [1.165, 1.54) is 18.2 Å². The highest BCUT2D eigenvalue weighted by atomic mass is 19.1. The standard InChI is InChI=1S/C23H16F2N4O/c1-2-3-15-12-29-16(13-28-15)9-19-18-6-7-27-22(18)10-21(25)23(19)30-17-4-5-20(24)14(8-17)11-26/h2,4-8,10,12-13,27H,1,3,9H2. The number of hydrogen-bond acceptors (Lipinski definition) is 4. The van der Waals surface area contributed by atoms with Crippen molar-refractivity contribution in [1.29, 1.82) is 5.26 Å². The normalized spacial score (nSPS) is 10.7. The Morgan fingerprint density at radius 2 is 1.90 bits per heavy atom. The molecule has 0 spiro atoms. The molecule has 0 atom stereocenters. The summed E-state index contributed by atoms with van der Waals surface area (Å²) < 4.78 is 34.4. The van der Waals surface area contributed by atoms with Gasteiger partial charge in [-0.25, -0.2) is 8.78 Å². The molecule has 2 heterocycles. The van der Waals surface area contributed by atoms with Crippen LogP contribution in [0.3, 0.4) is 0 Å². The first-order valence-electron chi connectivity index (χ1n) is 9.15. The van der Waals surface area contributed by atoms with Crippen LogP contribution in [0.5, 0.6) is 11.5 Å². The number of ether oxygens (including phenoxy) is 1. The molecule has 148 valence electrons. The van der Waals surface area contributed by atoms with Crippen molar-refractivity contribution in [2.24, 2.45) is 0 Å². The maximum absolute atomic E-state index is 14.9. The van der Waals surface area contributed by atoms with E-state index < -0.39 is 11.6 Å². The van der Waals surface area contributed by atoms with Gasteiger partial charge in [0.25, 0.3) is 0 Å². The van der Waals surface area contributed by atoms with Crippen LogP contribution in [0.2, 0.25) is 0 Å². The Morgan fingerprint density at radius 3 is 2.63 bits per heavy atom. The van der Waals surface area contributed by atoms with E-state index in [4.69, 9.17) is 10.00 Å². The fourth-order valence-electron chi connectivity index (χ4n) is 3.19.